The molecule has 0 fully saturated rings. The molecule has 0 amide bonds. The molecule has 0 atom stereocenters. The molecule has 0 aliphatic heterocycles. The summed E-state index contributed by atoms with van der Waals surface area (Å²) in [6.07, 6.45) is 2.17. The largest absolute Gasteiger partial charge is 0.491 e. The van der Waals surface area contributed by atoms with Crippen molar-refractivity contribution in [1.29, 1.82) is 0 Å². The first-order valence-electron chi connectivity index (χ1n) is 7.08. The summed E-state index contributed by atoms with van der Waals surface area (Å²) < 4.78 is 5.55. The van der Waals surface area contributed by atoms with Crippen LogP contribution in [0.1, 0.15) is 40.5 Å². The van der Waals surface area contributed by atoms with Crippen LogP contribution in [0.25, 0.3) is 0 Å². The number of nitro groups is 1. The first kappa shape index (κ1) is 16.3. The van der Waals surface area contributed by atoms with Crippen molar-refractivity contribution in [3.8, 4) is 5.75 Å². The number of non-ortho nitro benzene ring substituents is 1. The molecule has 0 aliphatic rings. The van der Waals surface area contributed by atoms with Crippen LogP contribution in [0.2, 0.25) is 0 Å². The fraction of sp³-hybridized carbons (Fsp3) is 0.600. The summed E-state index contributed by atoms with van der Waals surface area (Å²) in [4.78, 5) is 10.5. The first-order valence-corrected chi connectivity index (χ1v) is 7.08. The molecule has 0 spiro atoms. The van der Waals surface area contributed by atoms with E-state index in [0.29, 0.717) is 11.7 Å². The van der Waals surface area contributed by atoms with E-state index in [9.17, 15) is 10.1 Å². The number of nitrogens with one attached hydrogen (secondary N) is 1. The molecule has 0 unspecified atom stereocenters. The molecule has 1 N–H and O–H groups in total. The number of benzene rings is 1. The highest BCUT2D eigenvalue weighted by molar-refractivity contribution is 5.56. The van der Waals surface area contributed by atoms with E-state index in [-0.39, 0.29) is 11.8 Å². The van der Waals surface area contributed by atoms with Crippen molar-refractivity contribution in [3.63, 3.8) is 0 Å². The fourth-order valence-electron chi connectivity index (χ4n) is 1.87. The van der Waals surface area contributed by atoms with Gasteiger partial charge in [-0.3, -0.25) is 10.1 Å². The van der Waals surface area contributed by atoms with E-state index in [1.807, 2.05) is 19.9 Å². The predicted molar refractivity (Wildman–Crippen MR) is 81.4 cm³/mol. The highest BCUT2D eigenvalue weighted by Gasteiger charge is 2.11. The normalized spacial score (nSPS) is 10.9. The van der Waals surface area contributed by atoms with Crippen LogP contribution in [-0.2, 0) is 0 Å². The number of nitrogens with zero attached hydrogens (tertiary/aromatic N) is 1. The van der Waals surface area contributed by atoms with Gasteiger partial charge in [-0.1, -0.05) is 13.8 Å². The summed E-state index contributed by atoms with van der Waals surface area (Å²) in [5, 5.41) is 14.2. The molecule has 0 radical (unpaired) electrons. The third-order valence-corrected chi connectivity index (χ3v) is 2.76. The van der Waals surface area contributed by atoms with Gasteiger partial charge in [0.25, 0.3) is 5.69 Å². The van der Waals surface area contributed by atoms with E-state index in [2.05, 4.69) is 19.2 Å². The molecule has 0 aliphatic carbocycles. The van der Waals surface area contributed by atoms with Crippen molar-refractivity contribution in [1.82, 2.24) is 0 Å². The minimum absolute atomic E-state index is 0.00852. The van der Waals surface area contributed by atoms with E-state index in [1.54, 1.807) is 6.07 Å². The van der Waals surface area contributed by atoms with Crippen molar-refractivity contribution in [3.05, 3.63) is 28.3 Å². The van der Waals surface area contributed by atoms with Crippen molar-refractivity contribution < 1.29 is 9.66 Å². The highest BCUT2D eigenvalue weighted by atomic mass is 16.6. The van der Waals surface area contributed by atoms with Gasteiger partial charge in [-0.15, -0.1) is 0 Å². The van der Waals surface area contributed by atoms with Crippen molar-refractivity contribution >= 4 is 11.4 Å². The first-order chi connectivity index (χ1) is 9.38. The molecular weight excluding hydrogens is 256 g/mol. The Hall–Kier alpha value is -1.78. The third-order valence-electron chi connectivity index (χ3n) is 2.76. The van der Waals surface area contributed by atoms with E-state index in [4.69, 9.17) is 4.74 Å². The molecular formula is C15H24N2O3. The van der Waals surface area contributed by atoms with Gasteiger partial charge in [0.2, 0.25) is 0 Å². The molecule has 0 saturated carbocycles. The molecule has 1 aromatic rings. The third kappa shape index (κ3) is 5.91. The standard InChI is InChI=1S/C15H24N2O3/c1-11(2)6-5-7-16-13-8-14(17(18)19)10-15(9-13)20-12(3)4/h8-12,16H,5-7H2,1-4H3. The van der Waals surface area contributed by atoms with Gasteiger partial charge in [0.1, 0.15) is 5.75 Å². The smallest absolute Gasteiger partial charge is 0.275 e. The SMILES string of the molecule is CC(C)CCCNc1cc(OC(C)C)cc([N+](=O)[O-])c1. The summed E-state index contributed by atoms with van der Waals surface area (Å²) in [6.45, 7) is 8.97. The second kappa shape index (κ2) is 7.72. The quantitative estimate of drug-likeness (QED) is 0.439. The van der Waals surface area contributed by atoms with Crippen molar-refractivity contribution in [2.45, 2.75) is 46.6 Å². The van der Waals surface area contributed by atoms with Crippen LogP contribution in [-0.4, -0.2) is 17.6 Å². The number of hydrogen-bond donors (Lipinski definition) is 1. The van der Waals surface area contributed by atoms with Gasteiger partial charge < -0.3 is 10.1 Å². The Balaban J connectivity index is 2.73. The topological polar surface area (TPSA) is 64.4 Å². The maximum Gasteiger partial charge on any atom is 0.275 e. The zero-order valence-electron chi connectivity index (χ0n) is 12.7. The molecule has 0 saturated heterocycles. The Morgan fingerprint density at radius 3 is 2.50 bits per heavy atom. The van der Waals surface area contributed by atoms with Gasteiger partial charge in [-0.25, -0.2) is 0 Å². The van der Waals surface area contributed by atoms with Gasteiger partial charge in [-0.05, 0) is 32.6 Å². The lowest BCUT2D eigenvalue weighted by molar-refractivity contribution is -0.384. The predicted octanol–water partition coefficient (Wildman–Crippen LogP) is 4.23. The maximum absolute atomic E-state index is 10.9. The highest BCUT2D eigenvalue weighted by Crippen LogP contribution is 2.26. The summed E-state index contributed by atoms with van der Waals surface area (Å²) in [5.41, 5.74) is 0.785. The lowest BCUT2D eigenvalue weighted by Gasteiger charge is -2.12. The van der Waals surface area contributed by atoms with Gasteiger partial charge in [-0.2, -0.15) is 0 Å². The van der Waals surface area contributed by atoms with Crippen LogP contribution in [0.4, 0.5) is 11.4 Å². The average Bonchev–Trinajstić information content (AvgIpc) is 2.33. The second-order valence-corrected chi connectivity index (χ2v) is 5.60. The van der Waals surface area contributed by atoms with Crippen molar-refractivity contribution in [2.24, 2.45) is 5.92 Å². The van der Waals surface area contributed by atoms with Crippen LogP contribution >= 0.6 is 0 Å². The van der Waals surface area contributed by atoms with E-state index in [0.717, 1.165) is 25.1 Å². The lowest BCUT2D eigenvalue weighted by Crippen LogP contribution is -2.07. The van der Waals surface area contributed by atoms with Crippen LogP contribution in [0.3, 0.4) is 0 Å². The summed E-state index contributed by atoms with van der Waals surface area (Å²) >= 11 is 0. The fourth-order valence-corrected chi connectivity index (χ4v) is 1.87. The van der Waals surface area contributed by atoms with Crippen molar-refractivity contribution in [2.75, 3.05) is 11.9 Å². The Morgan fingerprint density at radius 2 is 1.95 bits per heavy atom. The second-order valence-electron chi connectivity index (χ2n) is 5.60. The summed E-state index contributed by atoms with van der Waals surface area (Å²) in [6, 6.07) is 4.81. The molecule has 1 rings (SSSR count). The van der Waals surface area contributed by atoms with Gasteiger partial charge in [0, 0.05) is 24.4 Å². The summed E-state index contributed by atoms with van der Waals surface area (Å²) in [7, 11) is 0. The van der Waals surface area contributed by atoms with Gasteiger partial charge >= 0.3 is 0 Å². The maximum atomic E-state index is 10.9. The molecule has 0 bridgehead atoms. The average molecular weight is 280 g/mol. The number of hydrogen-bond acceptors (Lipinski definition) is 4. The Kier molecular flexibility index (Phi) is 6.28. The minimum Gasteiger partial charge on any atom is -0.491 e. The van der Waals surface area contributed by atoms with Crippen LogP contribution in [0.15, 0.2) is 18.2 Å². The molecule has 5 nitrogen and oxygen atoms in total. The molecule has 20 heavy (non-hydrogen) atoms. The van der Waals surface area contributed by atoms with Crippen LogP contribution in [0.5, 0.6) is 5.75 Å². The number of anilines is 1. The molecule has 1 aromatic carbocycles. The lowest BCUT2D eigenvalue weighted by atomic mass is 10.1. The number of ether oxygens (including phenoxy) is 1. The zero-order chi connectivity index (χ0) is 15.1. The number of nitro benzene ring substituents is 1. The van der Waals surface area contributed by atoms with E-state index < -0.39 is 4.92 Å². The number of rotatable bonds is 8. The van der Waals surface area contributed by atoms with Gasteiger partial charge in [0.15, 0.2) is 0 Å². The Labute approximate surface area is 120 Å². The van der Waals surface area contributed by atoms with E-state index >= 15 is 0 Å². The Morgan fingerprint density at radius 1 is 1.25 bits per heavy atom. The monoisotopic (exact) mass is 280 g/mol. The van der Waals surface area contributed by atoms with E-state index in [1.165, 1.54) is 6.07 Å². The molecule has 5 heteroatoms. The molecule has 0 heterocycles. The van der Waals surface area contributed by atoms with Gasteiger partial charge in [0.05, 0.1) is 17.1 Å². The summed E-state index contributed by atoms with van der Waals surface area (Å²) in [5.74, 6) is 1.20. The molecule has 112 valence electrons. The zero-order valence-corrected chi connectivity index (χ0v) is 12.7. The Bertz CT molecular complexity index is 445. The molecule has 0 aromatic heterocycles. The van der Waals surface area contributed by atoms with Crippen LogP contribution in [0, 0.1) is 16.0 Å². The van der Waals surface area contributed by atoms with Crippen LogP contribution < -0.4 is 10.1 Å². The minimum atomic E-state index is -0.396.